The van der Waals surface area contributed by atoms with E-state index in [1.165, 1.54) is 43.6 Å². The predicted molar refractivity (Wildman–Crippen MR) is 141 cm³/mol. The first-order chi connectivity index (χ1) is 18.6. The van der Waals surface area contributed by atoms with Gasteiger partial charge in [-0.3, -0.25) is 14.6 Å². The Morgan fingerprint density at radius 1 is 0.872 bits per heavy atom. The fourth-order valence-corrected chi connectivity index (χ4v) is 5.46. The molecule has 0 saturated heterocycles. The van der Waals surface area contributed by atoms with Gasteiger partial charge in [-0.05, 0) is 59.4 Å². The molecule has 39 heavy (non-hydrogen) atoms. The van der Waals surface area contributed by atoms with E-state index in [1.54, 1.807) is 30.3 Å². The van der Waals surface area contributed by atoms with E-state index in [4.69, 9.17) is 9.47 Å². The van der Waals surface area contributed by atoms with E-state index in [1.807, 2.05) is 13.8 Å². The predicted octanol–water partition coefficient (Wildman–Crippen LogP) is 6.22. The number of phenolic OH excluding ortho intramolecular Hbond substituents is 1. The summed E-state index contributed by atoms with van der Waals surface area (Å²) in [7, 11) is 1.42. The van der Waals surface area contributed by atoms with Crippen molar-refractivity contribution in [2.45, 2.75) is 26.7 Å². The average molecular weight is 532 g/mol. The van der Waals surface area contributed by atoms with Gasteiger partial charge in [0.25, 0.3) is 0 Å². The molecule has 5 rings (SSSR count). The Balaban J connectivity index is 1.35. The van der Waals surface area contributed by atoms with Crippen molar-refractivity contribution in [3.63, 3.8) is 0 Å². The molecule has 8 heteroatoms. The van der Waals surface area contributed by atoms with E-state index in [0.29, 0.717) is 27.8 Å². The van der Waals surface area contributed by atoms with Crippen molar-refractivity contribution in [3.8, 4) is 23.0 Å². The number of nitrogens with zero attached hydrogens (tertiary/aromatic N) is 1. The standard InChI is InChI=1S/C31H27F2NO5/c1-17-18(2)31(17,29(36)13-19-4-7-21(32)8-5-19)30(37)14-20-6-9-27(23(33)12-20)39-26-10-11-34-24-16-25(35)28(38-3)15-22(24)26/h4-12,15-18,35H,13-14H2,1-3H3/t17-,18+,31?. The van der Waals surface area contributed by atoms with E-state index >= 15 is 4.39 Å². The Hall–Kier alpha value is -4.33. The van der Waals surface area contributed by atoms with Gasteiger partial charge >= 0.3 is 0 Å². The van der Waals surface area contributed by atoms with Crippen LogP contribution < -0.4 is 9.47 Å². The third-order valence-electron chi connectivity index (χ3n) is 7.86. The number of aromatic nitrogens is 1. The Labute approximate surface area is 224 Å². The number of ether oxygens (including phenoxy) is 2. The van der Waals surface area contributed by atoms with E-state index in [0.717, 1.165) is 0 Å². The van der Waals surface area contributed by atoms with Crippen LogP contribution in [-0.4, -0.2) is 28.8 Å². The number of Topliss-reactive ketones (excluding diaryl/α,β-unsaturated/α-hetero) is 2. The molecule has 1 saturated carbocycles. The number of pyridine rings is 1. The third-order valence-corrected chi connectivity index (χ3v) is 7.86. The Bertz CT molecular complexity index is 1580. The molecule has 0 radical (unpaired) electrons. The van der Waals surface area contributed by atoms with E-state index in [-0.39, 0.29) is 53.5 Å². The van der Waals surface area contributed by atoms with Gasteiger partial charge in [0.1, 0.15) is 11.6 Å². The summed E-state index contributed by atoms with van der Waals surface area (Å²) in [5.41, 5.74) is 0.373. The van der Waals surface area contributed by atoms with Crippen molar-refractivity contribution in [1.29, 1.82) is 0 Å². The molecule has 1 aromatic heterocycles. The summed E-state index contributed by atoms with van der Waals surface area (Å²) in [6.07, 6.45) is 1.41. The van der Waals surface area contributed by atoms with E-state index in [9.17, 15) is 19.1 Å². The molecule has 1 aliphatic rings. The van der Waals surface area contributed by atoms with Gasteiger partial charge in [0.05, 0.1) is 18.0 Å². The molecule has 4 aromatic rings. The second kappa shape index (κ2) is 10.1. The van der Waals surface area contributed by atoms with Crippen LogP contribution in [-0.2, 0) is 22.4 Å². The van der Waals surface area contributed by atoms with Gasteiger partial charge in [0.2, 0.25) is 0 Å². The zero-order valence-electron chi connectivity index (χ0n) is 21.7. The number of methoxy groups -OCH3 is 1. The smallest absolute Gasteiger partial charge is 0.166 e. The lowest BCUT2D eigenvalue weighted by Crippen LogP contribution is -2.32. The van der Waals surface area contributed by atoms with Gasteiger partial charge in [0, 0.05) is 30.5 Å². The lowest BCUT2D eigenvalue weighted by atomic mass is 9.84. The minimum atomic E-state index is -1.14. The molecule has 0 amide bonds. The first-order valence-corrected chi connectivity index (χ1v) is 12.6. The Morgan fingerprint density at radius 2 is 1.51 bits per heavy atom. The molecule has 1 unspecified atom stereocenters. The number of aromatic hydroxyl groups is 1. The van der Waals surface area contributed by atoms with Crippen LogP contribution >= 0.6 is 0 Å². The van der Waals surface area contributed by atoms with Crippen molar-refractivity contribution in [3.05, 3.63) is 89.6 Å². The first-order valence-electron chi connectivity index (χ1n) is 12.6. The number of phenols is 1. The minimum Gasteiger partial charge on any atom is -0.504 e. The molecule has 0 bridgehead atoms. The number of hydrogen-bond acceptors (Lipinski definition) is 6. The number of halogens is 2. The van der Waals surface area contributed by atoms with Crippen molar-refractivity contribution >= 4 is 22.5 Å². The van der Waals surface area contributed by atoms with Crippen LogP contribution in [0.25, 0.3) is 10.9 Å². The number of ketones is 2. The van der Waals surface area contributed by atoms with Gasteiger partial charge in [-0.1, -0.05) is 32.0 Å². The molecule has 6 nitrogen and oxygen atoms in total. The van der Waals surface area contributed by atoms with Crippen molar-refractivity contribution < 1.29 is 33.0 Å². The molecule has 1 heterocycles. The quantitative estimate of drug-likeness (QED) is 0.258. The first kappa shape index (κ1) is 26.3. The van der Waals surface area contributed by atoms with Gasteiger partial charge < -0.3 is 14.6 Å². The summed E-state index contributed by atoms with van der Waals surface area (Å²) in [6.45, 7) is 3.74. The molecule has 0 spiro atoms. The van der Waals surface area contributed by atoms with Crippen molar-refractivity contribution in [2.24, 2.45) is 17.3 Å². The fraction of sp³-hybridized carbons (Fsp3) is 0.258. The molecule has 3 atom stereocenters. The number of fused-ring (bicyclic) bond motifs is 1. The third kappa shape index (κ3) is 4.71. The maximum absolute atomic E-state index is 15.1. The Kier molecular flexibility index (Phi) is 6.80. The van der Waals surface area contributed by atoms with Crippen molar-refractivity contribution in [1.82, 2.24) is 4.98 Å². The van der Waals surface area contributed by atoms with Crippen molar-refractivity contribution in [2.75, 3.05) is 7.11 Å². The Morgan fingerprint density at radius 3 is 2.13 bits per heavy atom. The van der Waals surface area contributed by atoms with Crippen LogP contribution in [0.1, 0.15) is 25.0 Å². The number of hydrogen-bond donors (Lipinski definition) is 1. The summed E-state index contributed by atoms with van der Waals surface area (Å²) in [5.74, 6) is -1.39. The van der Waals surface area contributed by atoms with Gasteiger partial charge in [-0.15, -0.1) is 0 Å². The molecule has 3 aromatic carbocycles. The highest BCUT2D eigenvalue weighted by molar-refractivity contribution is 6.12. The molecule has 200 valence electrons. The number of benzene rings is 3. The normalized spacial score (nSPS) is 20.0. The van der Waals surface area contributed by atoms with Crippen LogP contribution in [0.2, 0.25) is 0 Å². The fourth-order valence-electron chi connectivity index (χ4n) is 5.46. The second-order valence-electron chi connectivity index (χ2n) is 9.99. The van der Waals surface area contributed by atoms with Crippen LogP contribution in [0.4, 0.5) is 8.78 Å². The molecule has 1 fully saturated rings. The summed E-state index contributed by atoms with van der Waals surface area (Å²) in [5, 5.41) is 10.5. The van der Waals surface area contributed by atoms with Gasteiger partial charge in [0.15, 0.2) is 34.6 Å². The topological polar surface area (TPSA) is 85.7 Å². The summed E-state index contributed by atoms with van der Waals surface area (Å²) in [4.78, 5) is 30.9. The summed E-state index contributed by atoms with van der Waals surface area (Å²) < 4.78 is 39.4. The highest BCUT2D eigenvalue weighted by Gasteiger charge is 2.67. The molecule has 1 N–H and O–H groups in total. The maximum atomic E-state index is 15.1. The number of carbonyl (C=O) groups is 2. The van der Waals surface area contributed by atoms with Crippen LogP contribution in [0.5, 0.6) is 23.0 Å². The van der Waals surface area contributed by atoms with Gasteiger partial charge in [-0.2, -0.15) is 0 Å². The molecular formula is C31H27F2NO5. The summed E-state index contributed by atoms with van der Waals surface area (Å²) >= 11 is 0. The minimum absolute atomic E-state index is 0.0320. The largest absolute Gasteiger partial charge is 0.504 e. The number of carbonyl (C=O) groups excluding carboxylic acids is 2. The van der Waals surface area contributed by atoms with E-state index < -0.39 is 17.0 Å². The lowest BCUT2D eigenvalue weighted by molar-refractivity contribution is -0.135. The highest BCUT2D eigenvalue weighted by atomic mass is 19.1. The zero-order valence-corrected chi connectivity index (χ0v) is 21.7. The molecular weight excluding hydrogens is 504 g/mol. The number of rotatable bonds is 9. The summed E-state index contributed by atoms with van der Waals surface area (Å²) in [6, 6.07) is 14.5. The highest BCUT2D eigenvalue weighted by Crippen LogP contribution is 2.60. The second-order valence-corrected chi connectivity index (χ2v) is 9.99. The monoisotopic (exact) mass is 531 g/mol. The van der Waals surface area contributed by atoms with Crippen LogP contribution in [0.3, 0.4) is 0 Å². The SMILES string of the molecule is COc1cc2c(Oc3ccc(CC(=O)C4(C(=O)Cc5ccc(F)cc5)[C@H](C)[C@@H]4C)cc3F)ccnc2cc1O. The lowest BCUT2D eigenvalue weighted by Gasteiger charge is -2.16. The van der Waals surface area contributed by atoms with Gasteiger partial charge in [-0.25, -0.2) is 8.78 Å². The average Bonchev–Trinajstić information content (AvgIpc) is 3.47. The zero-order chi connectivity index (χ0) is 27.9. The van der Waals surface area contributed by atoms with Crippen LogP contribution in [0, 0.1) is 28.9 Å². The van der Waals surface area contributed by atoms with Crippen LogP contribution in [0.15, 0.2) is 66.9 Å². The maximum Gasteiger partial charge on any atom is 0.166 e. The molecule has 1 aliphatic carbocycles. The molecule has 0 aliphatic heterocycles. The van der Waals surface area contributed by atoms with E-state index in [2.05, 4.69) is 4.98 Å².